The molecule has 5 heteroatoms. The summed E-state index contributed by atoms with van der Waals surface area (Å²) < 4.78 is 0.742. The summed E-state index contributed by atoms with van der Waals surface area (Å²) in [6.07, 6.45) is 3.86. The quantitative estimate of drug-likeness (QED) is 0.592. The van der Waals surface area contributed by atoms with Gasteiger partial charge in [-0.15, -0.1) is 11.8 Å². The highest BCUT2D eigenvalue weighted by molar-refractivity contribution is 8.23. The van der Waals surface area contributed by atoms with Gasteiger partial charge >= 0.3 is 0 Å². The van der Waals surface area contributed by atoms with Crippen molar-refractivity contribution in [3.05, 3.63) is 18.2 Å². The van der Waals surface area contributed by atoms with Crippen LogP contribution < -0.4 is 0 Å². The van der Waals surface area contributed by atoms with Crippen molar-refractivity contribution in [3.63, 3.8) is 0 Å². The van der Waals surface area contributed by atoms with Gasteiger partial charge in [-0.3, -0.25) is 0 Å². The molecular weight excluding hydrogens is 190 g/mol. The van der Waals surface area contributed by atoms with Gasteiger partial charge in [-0.1, -0.05) is 12.2 Å². The molecule has 0 aliphatic rings. The Morgan fingerprint density at radius 1 is 1.83 bits per heavy atom. The molecular formula is C7H7N3S2. The fourth-order valence-electron chi connectivity index (χ4n) is 0.635. The van der Waals surface area contributed by atoms with Gasteiger partial charge in [0.25, 0.3) is 0 Å². The largest absolute Gasteiger partial charge is 0.351 e. The van der Waals surface area contributed by atoms with Crippen LogP contribution in [0, 0.1) is 11.3 Å². The first-order valence-electron chi connectivity index (χ1n) is 3.37. The first kappa shape index (κ1) is 9.23. The molecule has 0 unspecified atom stereocenters. The lowest BCUT2D eigenvalue weighted by Gasteiger charge is -1.95. The smallest absolute Gasteiger partial charge is 0.105 e. The first-order valence-corrected chi connectivity index (χ1v) is 4.77. The van der Waals surface area contributed by atoms with E-state index < -0.39 is 0 Å². The summed E-state index contributed by atoms with van der Waals surface area (Å²) >= 11 is 6.54. The van der Waals surface area contributed by atoms with Gasteiger partial charge in [0.1, 0.15) is 5.69 Å². The Morgan fingerprint density at radius 2 is 2.67 bits per heavy atom. The summed E-state index contributed by atoms with van der Waals surface area (Å²) in [4.78, 5) is 6.82. The summed E-state index contributed by atoms with van der Waals surface area (Å²) in [5.41, 5.74) is 0.785. The predicted octanol–water partition coefficient (Wildman–Crippen LogP) is 1.73. The Balaban J connectivity index is 2.36. The van der Waals surface area contributed by atoms with Crippen LogP contribution in [-0.4, -0.2) is 19.9 Å². The van der Waals surface area contributed by atoms with E-state index in [2.05, 4.69) is 16.0 Å². The Bertz CT molecular complexity index is 286. The highest BCUT2D eigenvalue weighted by Gasteiger charge is 2.02. The molecule has 0 aliphatic heterocycles. The fourth-order valence-corrected chi connectivity index (χ4v) is 1.64. The van der Waals surface area contributed by atoms with Gasteiger partial charge in [-0.25, -0.2) is 4.98 Å². The summed E-state index contributed by atoms with van der Waals surface area (Å²) in [6, 6.07) is 2.06. The highest BCUT2D eigenvalue weighted by Crippen LogP contribution is 2.11. The van der Waals surface area contributed by atoms with E-state index >= 15 is 0 Å². The molecule has 1 heterocycles. The Labute approximate surface area is 80.2 Å². The second-order valence-electron chi connectivity index (χ2n) is 2.00. The third-order valence-corrected chi connectivity index (χ3v) is 2.60. The molecule has 12 heavy (non-hydrogen) atoms. The molecule has 62 valence electrons. The SMILES string of the molecule is N#CCCSC(=S)c1c[nH]cn1. The van der Waals surface area contributed by atoms with E-state index in [1.54, 1.807) is 12.5 Å². The minimum absolute atomic E-state index is 0.523. The molecule has 3 nitrogen and oxygen atoms in total. The van der Waals surface area contributed by atoms with E-state index in [0.29, 0.717) is 6.42 Å². The lowest BCUT2D eigenvalue weighted by Crippen LogP contribution is -1.92. The molecule has 1 N–H and O–H groups in total. The van der Waals surface area contributed by atoms with Crippen LogP contribution in [0.25, 0.3) is 0 Å². The van der Waals surface area contributed by atoms with Crippen molar-refractivity contribution in [2.24, 2.45) is 0 Å². The zero-order chi connectivity index (χ0) is 8.81. The molecule has 1 aromatic rings. The molecule has 0 spiro atoms. The van der Waals surface area contributed by atoms with Gasteiger partial charge in [-0.05, 0) is 0 Å². The highest BCUT2D eigenvalue weighted by atomic mass is 32.2. The van der Waals surface area contributed by atoms with Crippen molar-refractivity contribution in [1.82, 2.24) is 9.97 Å². The second kappa shape index (κ2) is 4.91. The predicted molar refractivity (Wildman–Crippen MR) is 53.0 cm³/mol. The zero-order valence-electron chi connectivity index (χ0n) is 6.28. The van der Waals surface area contributed by atoms with Crippen molar-refractivity contribution >= 4 is 28.2 Å². The maximum atomic E-state index is 8.28. The van der Waals surface area contributed by atoms with E-state index in [-0.39, 0.29) is 0 Å². The fraction of sp³-hybridized carbons (Fsp3) is 0.286. The molecule has 0 aliphatic carbocycles. The Morgan fingerprint density at radius 3 is 3.25 bits per heavy atom. The van der Waals surface area contributed by atoms with Crippen LogP contribution in [0.4, 0.5) is 0 Å². The summed E-state index contributed by atoms with van der Waals surface area (Å²) in [5, 5.41) is 8.28. The topological polar surface area (TPSA) is 52.5 Å². The normalized spacial score (nSPS) is 9.25. The Kier molecular flexibility index (Phi) is 3.77. The van der Waals surface area contributed by atoms with Gasteiger partial charge in [0, 0.05) is 18.4 Å². The second-order valence-corrected chi connectivity index (χ2v) is 3.77. The number of nitrogens with zero attached hydrogens (tertiary/aromatic N) is 2. The number of hydrogen-bond donors (Lipinski definition) is 1. The number of hydrogen-bond acceptors (Lipinski definition) is 4. The zero-order valence-corrected chi connectivity index (χ0v) is 7.91. The minimum atomic E-state index is 0.523. The maximum Gasteiger partial charge on any atom is 0.105 e. The van der Waals surface area contributed by atoms with Crippen LogP contribution >= 0.6 is 24.0 Å². The van der Waals surface area contributed by atoms with E-state index in [1.165, 1.54) is 11.8 Å². The molecule has 1 rings (SSSR count). The molecule has 0 fully saturated rings. The Hall–Kier alpha value is -0.860. The van der Waals surface area contributed by atoms with Crippen LogP contribution in [0.1, 0.15) is 12.1 Å². The average Bonchev–Trinajstić information content (AvgIpc) is 2.56. The molecule has 0 aromatic carbocycles. The number of aromatic nitrogens is 2. The molecule has 0 atom stereocenters. The molecule has 1 aromatic heterocycles. The van der Waals surface area contributed by atoms with Crippen LogP contribution in [0.3, 0.4) is 0 Å². The van der Waals surface area contributed by atoms with Crippen molar-refractivity contribution in [2.45, 2.75) is 6.42 Å². The lowest BCUT2D eigenvalue weighted by molar-refractivity contribution is 1.24. The standard InChI is InChI=1S/C7H7N3S2/c8-2-1-3-12-7(11)6-4-9-5-10-6/h4-5H,1,3H2,(H,9,10). The third kappa shape index (κ3) is 2.64. The number of imidazole rings is 1. The van der Waals surface area contributed by atoms with Crippen LogP contribution in [0.5, 0.6) is 0 Å². The lowest BCUT2D eigenvalue weighted by atomic mass is 10.5. The average molecular weight is 197 g/mol. The van der Waals surface area contributed by atoms with E-state index in [4.69, 9.17) is 17.5 Å². The number of thioether (sulfide) groups is 1. The maximum absolute atomic E-state index is 8.28. The van der Waals surface area contributed by atoms with Gasteiger partial charge in [0.15, 0.2) is 0 Å². The van der Waals surface area contributed by atoms with Gasteiger partial charge in [0.2, 0.25) is 0 Å². The molecule has 0 saturated heterocycles. The van der Waals surface area contributed by atoms with Crippen LogP contribution in [0.2, 0.25) is 0 Å². The monoisotopic (exact) mass is 197 g/mol. The molecule has 0 bridgehead atoms. The van der Waals surface area contributed by atoms with Crippen molar-refractivity contribution in [2.75, 3.05) is 5.75 Å². The summed E-state index contributed by atoms with van der Waals surface area (Å²) in [7, 11) is 0. The van der Waals surface area contributed by atoms with E-state index in [1.807, 2.05) is 0 Å². The number of aromatic amines is 1. The summed E-state index contributed by atoms with van der Waals surface area (Å²) in [6.45, 7) is 0. The number of nitriles is 1. The summed E-state index contributed by atoms with van der Waals surface area (Å²) in [5.74, 6) is 0.738. The van der Waals surface area contributed by atoms with Gasteiger partial charge < -0.3 is 4.98 Å². The van der Waals surface area contributed by atoms with E-state index in [9.17, 15) is 0 Å². The number of thiocarbonyl (C=S) groups is 1. The minimum Gasteiger partial charge on any atom is -0.351 e. The molecule has 0 amide bonds. The van der Waals surface area contributed by atoms with Crippen LogP contribution in [-0.2, 0) is 0 Å². The number of rotatable bonds is 3. The number of H-pyrrole nitrogens is 1. The van der Waals surface area contributed by atoms with Crippen molar-refractivity contribution in [1.29, 1.82) is 5.26 Å². The third-order valence-electron chi connectivity index (χ3n) is 1.15. The first-order chi connectivity index (χ1) is 5.84. The van der Waals surface area contributed by atoms with Crippen molar-refractivity contribution in [3.8, 4) is 6.07 Å². The van der Waals surface area contributed by atoms with Crippen molar-refractivity contribution < 1.29 is 0 Å². The van der Waals surface area contributed by atoms with Gasteiger partial charge in [-0.2, -0.15) is 5.26 Å². The number of nitrogens with one attached hydrogen (secondary N) is 1. The molecule has 0 radical (unpaired) electrons. The van der Waals surface area contributed by atoms with Crippen LogP contribution in [0.15, 0.2) is 12.5 Å². The van der Waals surface area contributed by atoms with E-state index in [0.717, 1.165) is 15.6 Å². The van der Waals surface area contributed by atoms with Gasteiger partial charge in [0.05, 0.1) is 16.6 Å². The molecule has 0 saturated carbocycles.